The summed E-state index contributed by atoms with van der Waals surface area (Å²) in [6.45, 7) is 4.08. The minimum Gasteiger partial charge on any atom is -0.496 e. The Labute approximate surface area is 208 Å². The maximum Gasteiger partial charge on any atom is 0.234 e. The summed E-state index contributed by atoms with van der Waals surface area (Å²) in [5.74, 6) is 1.40. The number of ether oxygens (including phenoxy) is 1. The molecule has 3 aromatic carbocycles. The van der Waals surface area contributed by atoms with Crippen LogP contribution in [0.5, 0.6) is 5.75 Å². The minimum absolute atomic E-state index is 0.0986. The molecule has 0 fully saturated rings. The number of carbonyl (C=O) groups is 1. The molecule has 0 radical (unpaired) electrons. The number of benzene rings is 3. The van der Waals surface area contributed by atoms with E-state index in [4.69, 9.17) is 16.3 Å². The molecule has 0 unspecified atom stereocenters. The van der Waals surface area contributed by atoms with Crippen LogP contribution in [-0.2, 0) is 11.2 Å². The van der Waals surface area contributed by atoms with E-state index < -0.39 is 0 Å². The van der Waals surface area contributed by atoms with Crippen molar-refractivity contribution in [2.45, 2.75) is 25.4 Å². The van der Waals surface area contributed by atoms with Gasteiger partial charge in [-0.2, -0.15) is 0 Å². The lowest BCUT2D eigenvalue weighted by molar-refractivity contribution is -0.113. The summed E-state index contributed by atoms with van der Waals surface area (Å²) in [6.07, 6.45) is 0.845. The molecule has 6 nitrogen and oxygen atoms in total. The number of anilines is 1. The molecule has 1 heterocycles. The lowest BCUT2D eigenvalue weighted by Gasteiger charge is -2.14. The molecule has 0 saturated carbocycles. The number of thioether (sulfide) groups is 1. The van der Waals surface area contributed by atoms with Gasteiger partial charge < -0.3 is 10.1 Å². The van der Waals surface area contributed by atoms with E-state index >= 15 is 0 Å². The topological polar surface area (TPSA) is 69.0 Å². The predicted octanol–water partition coefficient (Wildman–Crippen LogP) is 6.20. The molecule has 8 heteroatoms. The number of aromatic nitrogens is 3. The monoisotopic (exact) mass is 492 g/mol. The van der Waals surface area contributed by atoms with Gasteiger partial charge >= 0.3 is 0 Å². The number of halogens is 1. The number of amides is 1. The number of nitrogens with one attached hydrogen (secondary N) is 1. The van der Waals surface area contributed by atoms with Crippen LogP contribution in [0.25, 0.3) is 17.1 Å². The van der Waals surface area contributed by atoms with Gasteiger partial charge in [0.25, 0.3) is 0 Å². The normalized spacial score (nSPS) is 10.8. The Balaban J connectivity index is 1.64. The molecule has 0 spiro atoms. The van der Waals surface area contributed by atoms with Crippen molar-refractivity contribution in [1.29, 1.82) is 0 Å². The lowest BCUT2D eigenvalue weighted by atomic mass is 10.1. The Bertz CT molecular complexity index is 1300. The largest absolute Gasteiger partial charge is 0.496 e. The summed E-state index contributed by atoms with van der Waals surface area (Å²) in [4.78, 5) is 12.8. The third-order valence-electron chi connectivity index (χ3n) is 5.40. The maximum atomic E-state index is 12.8. The average Bonchev–Trinajstić information content (AvgIpc) is 3.28. The van der Waals surface area contributed by atoms with Crippen molar-refractivity contribution in [3.8, 4) is 22.8 Å². The van der Waals surface area contributed by atoms with E-state index in [1.807, 2.05) is 78.2 Å². The number of para-hydroxylation sites is 2. The zero-order chi connectivity index (χ0) is 24.1. The first-order valence-corrected chi connectivity index (χ1v) is 12.2. The summed E-state index contributed by atoms with van der Waals surface area (Å²) in [5, 5.41) is 13.1. The highest BCUT2D eigenvalue weighted by Gasteiger charge is 2.20. The zero-order valence-corrected chi connectivity index (χ0v) is 20.8. The number of hydrogen-bond acceptors (Lipinski definition) is 5. The molecule has 0 atom stereocenters. The number of hydrogen-bond donors (Lipinski definition) is 1. The van der Waals surface area contributed by atoms with Crippen molar-refractivity contribution in [1.82, 2.24) is 14.8 Å². The second-order valence-corrected chi connectivity index (χ2v) is 9.00. The highest BCUT2D eigenvalue weighted by molar-refractivity contribution is 7.99. The average molecular weight is 493 g/mol. The third kappa shape index (κ3) is 5.11. The van der Waals surface area contributed by atoms with Crippen molar-refractivity contribution in [2.75, 3.05) is 18.2 Å². The van der Waals surface area contributed by atoms with Gasteiger partial charge in [0.15, 0.2) is 11.0 Å². The summed E-state index contributed by atoms with van der Waals surface area (Å²) < 4.78 is 7.46. The van der Waals surface area contributed by atoms with Gasteiger partial charge in [-0.3, -0.25) is 9.36 Å². The van der Waals surface area contributed by atoms with Gasteiger partial charge in [0.1, 0.15) is 5.75 Å². The summed E-state index contributed by atoms with van der Waals surface area (Å²) in [6, 6.07) is 21.1. The van der Waals surface area contributed by atoms with E-state index in [1.54, 1.807) is 7.11 Å². The van der Waals surface area contributed by atoms with Gasteiger partial charge in [0, 0.05) is 16.4 Å². The molecule has 1 aromatic heterocycles. The molecule has 0 aliphatic carbocycles. The Hall–Kier alpha value is -3.29. The molecular formula is C26H25ClN4O2S. The van der Waals surface area contributed by atoms with E-state index in [2.05, 4.69) is 22.4 Å². The van der Waals surface area contributed by atoms with Crippen LogP contribution in [0.4, 0.5) is 5.69 Å². The van der Waals surface area contributed by atoms with Crippen LogP contribution in [0.1, 0.15) is 18.1 Å². The van der Waals surface area contributed by atoms with Gasteiger partial charge in [-0.25, -0.2) is 0 Å². The first kappa shape index (κ1) is 23.9. The third-order valence-corrected chi connectivity index (χ3v) is 6.58. The molecule has 0 aliphatic heterocycles. The smallest absolute Gasteiger partial charge is 0.234 e. The van der Waals surface area contributed by atoms with Crippen LogP contribution in [0, 0.1) is 6.92 Å². The molecule has 0 bridgehead atoms. The molecule has 0 aliphatic rings. The Morgan fingerprint density at radius 3 is 2.56 bits per heavy atom. The molecule has 1 N–H and O–H groups in total. The number of rotatable bonds is 8. The quantitative estimate of drug-likeness (QED) is 0.297. The van der Waals surface area contributed by atoms with Crippen LogP contribution in [0.3, 0.4) is 0 Å². The second kappa shape index (κ2) is 10.8. The van der Waals surface area contributed by atoms with Gasteiger partial charge in [-0.15, -0.1) is 10.2 Å². The molecule has 4 rings (SSSR count). The predicted molar refractivity (Wildman–Crippen MR) is 138 cm³/mol. The molecule has 0 saturated heterocycles. The van der Waals surface area contributed by atoms with Crippen LogP contribution in [-0.4, -0.2) is 33.5 Å². The molecule has 174 valence electrons. The second-order valence-electron chi connectivity index (χ2n) is 7.62. The number of nitrogens with zero attached hydrogens (tertiary/aromatic N) is 3. The summed E-state index contributed by atoms with van der Waals surface area (Å²) in [5.41, 5.74) is 4.67. The molecule has 1 amide bonds. The fourth-order valence-corrected chi connectivity index (χ4v) is 4.58. The lowest BCUT2D eigenvalue weighted by Crippen LogP contribution is -2.16. The molecule has 4 aromatic rings. The van der Waals surface area contributed by atoms with Crippen LogP contribution >= 0.6 is 23.4 Å². The first-order chi connectivity index (χ1) is 16.5. The van der Waals surface area contributed by atoms with E-state index in [9.17, 15) is 4.79 Å². The maximum absolute atomic E-state index is 12.8. The number of methoxy groups -OCH3 is 1. The zero-order valence-electron chi connectivity index (χ0n) is 19.2. The van der Waals surface area contributed by atoms with Crippen LogP contribution in [0.15, 0.2) is 71.9 Å². The Morgan fingerprint density at radius 2 is 1.82 bits per heavy atom. The van der Waals surface area contributed by atoms with Crippen molar-refractivity contribution >= 4 is 35.0 Å². The summed E-state index contributed by atoms with van der Waals surface area (Å²) >= 11 is 7.44. The number of aryl methyl sites for hydroxylation is 2. The van der Waals surface area contributed by atoms with E-state index in [0.717, 1.165) is 34.5 Å². The standard InChI is InChI=1S/C26H25ClN4O2S/c1-4-18-9-7-8-17(2)24(18)28-23(32)16-34-26-30-29-25(21-10-5-6-11-22(21)33-3)31(26)20-14-12-19(27)13-15-20/h5-15H,4,16H2,1-3H3,(H,28,32). The Morgan fingerprint density at radius 1 is 1.06 bits per heavy atom. The van der Waals surface area contributed by atoms with Gasteiger partial charge in [0.05, 0.1) is 18.4 Å². The highest BCUT2D eigenvalue weighted by Crippen LogP contribution is 2.33. The van der Waals surface area contributed by atoms with Crippen LogP contribution < -0.4 is 10.1 Å². The van der Waals surface area contributed by atoms with Crippen LogP contribution in [0.2, 0.25) is 5.02 Å². The van der Waals surface area contributed by atoms with E-state index in [1.165, 1.54) is 11.8 Å². The summed E-state index contributed by atoms with van der Waals surface area (Å²) in [7, 11) is 1.62. The SMILES string of the molecule is CCc1cccc(C)c1NC(=O)CSc1nnc(-c2ccccc2OC)n1-c1ccc(Cl)cc1. The van der Waals surface area contributed by atoms with Crippen molar-refractivity contribution in [2.24, 2.45) is 0 Å². The Kier molecular flexibility index (Phi) is 7.55. The highest BCUT2D eigenvalue weighted by atomic mass is 35.5. The van der Waals surface area contributed by atoms with Gasteiger partial charge in [0.2, 0.25) is 5.91 Å². The van der Waals surface area contributed by atoms with Crippen molar-refractivity contribution in [3.05, 3.63) is 82.9 Å². The fraction of sp³-hybridized carbons (Fsp3) is 0.192. The number of carbonyl (C=O) groups excluding carboxylic acids is 1. The first-order valence-electron chi connectivity index (χ1n) is 10.9. The van der Waals surface area contributed by atoms with Crippen molar-refractivity contribution in [3.63, 3.8) is 0 Å². The molecular weight excluding hydrogens is 468 g/mol. The van der Waals surface area contributed by atoms with E-state index in [-0.39, 0.29) is 11.7 Å². The fourth-order valence-electron chi connectivity index (χ4n) is 3.70. The van der Waals surface area contributed by atoms with Crippen molar-refractivity contribution < 1.29 is 9.53 Å². The molecule has 34 heavy (non-hydrogen) atoms. The van der Waals surface area contributed by atoms with Gasteiger partial charge in [-0.05, 0) is 60.9 Å². The van der Waals surface area contributed by atoms with Gasteiger partial charge in [-0.1, -0.05) is 60.6 Å². The van der Waals surface area contributed by atoms with E-state index in [0.29, 0.717) is 21.8 Å². The minimum atomic E-state index is -0.0986.